The molecular weight excluding hydrogens is 249 g/mol. The molecule has 0 spiro atoms. The monoisotopic (exact) mass is 263 g/mol. The Labute approximate surface area is 106 Å². The number of nitrogens with zero attached hydrogens (tertiary/aromatic N) is 1. The first-order valence-corrected chi connectivity index (χ1v) is 5.41. The fourth-order valence-corrected chi connectivity index (χ4v) is 1.88. The highest BCUT2D eigenvalue weighted by atomic mass is 35.5. The van der Waals surface area contributed by atoms with Crippen LogP contribution >= 0.6 is 24.0 Å². The predicted molar refractivity (Wildman–Crippen MR) is 66.5 cm³/mol. The summed E-state index contributed by atoms with van der Waals surface area (Å²) in [5, 5.41) is 10.3. The van der Waals surface area contributed by atoms with Crippen LogP contribution in [0.5, 0.6) is 5.75 Å². The van der Waals surface area contributed by atoms with E-state index < -0.39 is 0 Å². The highest BCUT2D eigenvalue weighted by Gasteiger charge is 2.12. The van der Waals surface area contributed by atoms with Gasteiger partial charge in [0, 0.05) is 30.2 Å². The Balaban J connectivity index is 0.00000128. The number of rotatable bonds is 2. The lowest BCUT2D eigenvalue weighted by molar-refractivity contribution is 0.0339. The van der Waals surface area contributed by atoms with Crippen molar-refractivity contribution in [3.8, 4) is 5.75 Å². The van der Waals surface area contributed by atoms with Crippen molar-refractivity contribution in [1.29, 1.82) is 0 Å². The molecule has 1 N–H and O–H groups in total. The Hall–Kier alpha value is -0.480. The molecule has 0 aromatic heterocycles. The summed E-state index contributed by atoms with van der Waals surface area (Å²) in [4.78, 5) is 2.24. The third kappa shape index (κ3) is 3.52. The van der Waals surface area contributed by atoms with Gasteiger partial charge in [-0.2, -0.15) is 0 Å². The van der Waals surface area contributed by atoms with Crippen LogP contribution in [-0.2, 0) is 11.3 Å². The topological polar surface area (TPSA) is 32.7 Å². The summed E-state index contributed by atoms with van der Waals surface area (Å²) in [5.74, 6) is 0.311. The molecule has 90 valence electrons. The van der Waals surface area contributed by atoms with E-state index in [-0.39, 0.29) is 12.4 Å². The van der Waals surface area contributed by atoms with Crippen molar-refractivity contribution in [3.05, 3.63) is 28.8 Å². The van der Waals surface area contributed by atoms with E-state index in [1.807, 2.05) is 6.07 Å². The van der Waals surface area contributed by atoms with E-state index in [1.54, 1.807) is 12.1 Å². The van der Waals surface area contributed by atoms with Crippen LogP contribution in [0.25, 0.3) is 0 Å². The van der Waals surface area contributed by atoms with Crippen LogP contribution in [0.15, 0.2) is 18.2 Å². The van der Waals surface area contributed by atoms with Crippen LogP contribution in [0.4, 0.5) is 0 Å². The SMILES string of the molecule is Cl.Oc1ccc(Cl)cc1CN1CCOCC1. The molecule has 3 nitrogen and oxygen atoms in total. The molecule has 0 unspecified atom stereocenters. The van der Waals surface area contributed by atoms with Gasteiger partial charge >= 0.3 is 0 Å². The van der Waals surface area contributed by atoms with Crippen molar-refractivity contribution in [2.75, 3.05) is 26.3 Å². The molecule has 0 radical (unpaired) electrons. The fourth-order valence-electron chi connectivity index (χ4n) is 1.68. The van der Waals surface area contributed by atoms with Gasteiger partial charge in [-0.05, 0) is 18.2 Å². The summed E-state index contributed by atoms with van der Waals surface area (Å²) in [6, 6.07) is 5.14. The van der Waals surface area contributed by atoms with Crippen molar-refractivity contribution < 1.29 is 9.84 Å². The summed E-state index contributed by atoms with van der Waals surface area (Å²) in [6.45, 7) is 4.08. The minimum atomic E-state index is 0. The number of benzene rings is 1. The summed E-state index contributed by atoms with van der Waals surface area (Å²) >= 11 is 5.88. The fraction of sp³-hybridized carbons (Fsp3) is 0.455. The summed E-state index contributed by atoms with van der Waals surface area (Å²) in [5.41, 5.74) is 0.879. The van der Waals surface area contributed by atoms with Gasteiger partial charge < -0.3 is 9.84 Å². The Bertz CT molecular complexity index is 341. The number of aromatic hydroxyl groups is 1. The molecule has 1 aliphatic rings. The number of morpholine rings is 1. The second kappa shape index (κ2) is 6.30. The van der Waals surface area contributed by atoms with E-state index in [9.17, 15) is 5.11 Å². The zero-order chi connectivity index (χ0) is 10.7. The molecule has 1 aliphatic heterocycles. The number of hydrogen-bond donors (Lipinski definition) is 1. The lowest BCUT2D eigenvalue weighted by Gasteiger charge is -2.26. The molecule has 16 heavy (non-hydrogen) atoms. The first kappa shape index (κ1) is 13.6. The number of ether oxygens (including phenoxy) is 1. The van der Waals surface area contributed by atoms with Crippen LogP contribution in [0.2, 0.25) is 5.02 Å². The number of phenols is 1. The van der Waals surface area contributed by atoms with Gasteiger partial charge in [0.25, 0.3) is 0 Å². The molecule has 1 fully saturated rings. The second-order valence-corrected chi connectivity index (χ2v) is 4.10. The van der Waals surface area contributed by atoms with Gasteiger partial charge in [-0.3, -0.25) is 4.90 Å². The van der Waals surface area contributed by atoms with Gasteiger partial charge in [-0.25, -0.2) is 0 Å². The lowest BCUT2D eigenvalue weighted by Crippen LogP contribution is -2.35. The van der Waals surface area contributed by atoms with Gasteiger partial charge in [0.1, 0.15) is 5.75 Å². The van der Waals surface area contributed by atoms with E-state index in [0.29, 0.717) is 10.8 Å². The molecular formula is C11H15Cl2NO2. The largest absolute Gasteiger partial charge is 0.508 e. The minimum absolute atomic E-state index is 0. The van der Waals surface area contributed by atoms with E-state index in [0.717, 1.165) is 38.4 Å². The maximum Gasteiger partial charge on any atom is 0.120 e. The predicted octanol–water partition coefficient (Wildman–Crippen LogP) is 2.30. The number of halogens is 2. The molecule has 1 heterocycles. The average molecular weight is 264 g/mol. The molecule has 1 aromatic rings. The van der Waals surface area contributed by atoms with Crippen molar-refractivity contribution in [2.45, 2.75) is 6.54 Å². The Kier molecular flexibility index (Phi) is 5.35. The van der Waals surface area contributed by atoms with Gasteiger partial charge in [-0.1, -0.05) is 11.6 Å². The average Bonchev–Trinajstić information content (AvgIpc) is 2.25. The van der Waals surface area contributed by atoms with Crippen LogP contribution in [0.3, 0.4) is 0 Å². The van der Waals surface area contributed by atoms with Gasteiger partial charge in [0.05, 0.1) is 13.2 Å². The molecule has 0 bridgehead atoms. The molecule has 0 atom stereocenters. The van der Waals surface area contributed by atoms with Crippen molar-refractivity contribution in [2.24, 2.45) is 0 Å². The van der Waals surface area contributed by atoms with E-state index in [4.69, 9.17) is 16.3 Å². The lowest BCUT2D eigenvalue weighted by atomic mass is 10.2. The third-order valence-corrected chi connectivity index (χ3v) is 2.77. The van der Waals surface area contributed by atoms with Crippen LogP contribution in [0, 0.1) is 0 Å². The molecule has 5 heteroatoms. The maximum absolute atomic E-state index is 9.65. The normalized spacial score (nSPS) is 16.8. The van der Waals surface area contributed by atoms with Gasteiger partial charge in [0.15, 0.2) is 0 Å². The summed E-state index contributed by atoms with van der Waals surface area (Å²) in [6.07, 6.45) is 0. The minimum Gasteiger partial charge on any atom is -0.508 e. The Morgan fingerprint density at radius 2 is 2.00 bits per heavy atom. The van der Waals surface area contributed by atoms with E-state index in [2.05, 4.69) is 4.90 Å². The second-order valence-electron chi connectivity index (χ2n) is 3.66. The highest BCUT2D eigenvalue weighted by Crippen LogP contribution is 2.23. The first-order valence-electron chi connectivity index (χ1n) is 5.03. The van der Waals surface area contributed by atoms with Gasteiger partial charge in [0.2, 0.25) is 0 Å². The molecule has 2 rings (SSSR count). The van der Waals surface area contributed by atoms with Crippen molar-refractivity contribution in [1.82, 2.24) is 4.90 Å². The standard InChI is InChI=1S/C11H14ClNO2.ClH/c12-10-1-2-11(14)9(7-10)8-13-3-5-15-6-4-13;/h1-2,7,14H,3-6,8H2;1H. The molecule has 1 aromatic carbocycles. The Morgan fingerprint density at radius 3 is 2.69 bits per heavy atom. The van der Waals surface area contributed by atoms with Gasteiger partial charge in [-0.15, -0.1) is 12.4 Å². The molecule has 0 saturated carbocycles. The smallest absolute Gasteiger partial charge is 0.120 e. The molecule has 0 amide bonds. The highest BCUT2D eigenvalue weighted by molar-refractivity contribution is 6.30. The van der Waals surface area contributed by atoms with Crippen LogP contribution < -0.4 is 0 Å². The van der Waals surface area contributed by atoms with Crippen LogP contribution in [-0.4, -0.2) is 36.3 Å². The molecule has 1 saturated heterocycles. The number of phenolic OH excluding ortho intramolecular Hbond substituents is 1. The number of hydrogen-bond acceptors (Lipinski definition) is 3. The quantitative estimate of drug-likeness (QED) is 0.889. The summed E-state index contributed by atoms with van der Waals surface area (Å²) < 4.78 is 5.26. The molecule has 0 aliphatic carbocycles. The zero-order valence-electron chi connectivity index (χ0n) is 8.86. The maximum atomic E-state index is 9.65. The zero-order valence-corrected chi connectivity index (χ0v) is 10.4. The van der Waals surface area contributed by atoms with E-state index in [1.165, 1.54) is 0 Å². The van der Waals surface area contributed by atoms with Crippen molar-refractivity contribution in [3.63, 3.8) is 0 Å². The van der Waals surface area contributed by atoms with Crippen LogP contribution in [0.1, 0.15) is 5.56 Å². The Morgan fingerprint density at radius 1 is 1.31 bits per heavy atom. The van der Waals surface area contributed by atoms with E-state index >= 15 is 0 Å². The third-order valence-electron chi connectivity index (χ3n) is 2.54. The first-order chi connectivity index (χ1) is 7.25. The summed E-state index contributed by atoms with van der Waals surface area (Å²) in [7, 11) is 0. The van der Waals surface area contributed by atoms with Crippen molar-refractivity contribution >= 4 is 24.0 Å².